The van der Waals surface area contributed by atoms with Crippen molar-refractivity contribution in [1.82, 2.24) is 4.57 Å². The van der Waals surface area contributed by atoms with Crippen LogP contribution < -0.4 is 5.43 Å². The second-order valence-electron chi connectivity index (χ2n) is 6.88. The molecule has 1 N–H and O–H groups in total. The maximum absolute atomic E-state index is 14.6. The van der Waals surface area contributed by atoms with Gasteiger partial charge in [0, 0.05) is 23.4 Å². The first-order valence-corrected chi connectivity index (χ1v) is 9.97. The van der Waals surface area contributed by atoms with Crippen LogP contribution in [0.1, 0.15) is 28.5 Å². The molecule has 10 heteroatoms. The topological polar surface area (TPSA) is 59.3 Å². The highest BCUT2D eigenvalue weighted by Crippen LogP contribution is 2.36. The average molecular weight is 488 g/mol. The van der Waals surface area contributed by atoms with E-state index in [1.807, 2.05) is 0 Å². The molecule has 0 bridgehead atoms. The van der Waals surface area contributed by atoms with Gasteiger partial charge in [-0.2, -0.15) is 13.2 Å². The molecule has 0 saturated carbocycles. The molecule has 0 unspecified atom stereocenters. The van der Waals surface area contributed by atoms with Crippen LogP contribution in [0.5, 0.6) is 0 Å². The molecule has 3 aromatic rings. The zero-order valence-electron chi connectivity index (χ0n) is 16.6. The van der Waals surface area contributed by atoms with E-state index in [2.05, 4.69) is 0 Å². The van der Waals surface area contributed by atoms with E-state index in [0.717, 1.165) is 0 Å². The van der Waals surface area contributed by atoms with Gasteiger partial charge >= 0.3 is 12.1 Å². The molecule has 0 saturated heterocycles. The standard InChI is InChI=1S/C22H15Cl2F4NO3/c1-3-29-10(2)17(13-9-12(22(26,27)28)5-7-16(13)25)20(30)18(21(31)32)19(29)11-4-6-14(23)15(24)8-11/h4-9H,3H2,1-2H3,(H,31,32). The van der Waals surface area contributed by atoms with Crippen LogP contribution in [0.4, 0.5) is 17.6 Å². The SMILES string of the molecule is CCn1c(C)c(-c2cc(C(F)(F)F)ccc2F)c(=O)c(C(=O)O)c1-c1ccc(Cl)c(Cl)c1. The molecule has 2 aromatic carbocycles. The molecule has 0 spiro atoms. The van der Waals surface area contributed by atoms with Crippen LogP contribution in [0.25, 0.3) is 22.4 Å². The number of carboxylic acids is 1. The Bertz CT molecular complexity index is 1300. The van der Waals surface area contributed by atoms with Gasteiger partial charge in [-0.3, -0.25) is 4.79 Å². The second kappa shape index (κ2) is 8.60. The zero-order chi connectivity index (χ0) is 24.0. The van der Waals surface area contributed by atoms with Gasteiger partial charge in [0.15, 0.2) is 0 Å². The van der Waals surface area contributed by atoms with Gasteiger partial charge in [0.05, 0.1) is 26.9 Å². The van der Waals surface area contributed by atoms with Crippen molar-refractivity contribution in [3.05, 3.63) is 79.3 Å². The minimum Gasteiger partial charge on any atom is -0.477 e. The largest absolute Gasteiger partial charge is 0.477 e. The molecule has 168 valence electrons. The lowest BCUT2D eigenvalue weighted by molar-refractivity contribution is -0.137. The van der Waals surface area contributed by atoms with Crippen molar-refractivity contribution in [2.24, 2.45) is 0 Å². The van der Waals surface area contributed by atoms with E-state index in [1.165, 1.54) is 29.7 Å². The summed E-state index contributed by atoms with van der Waals surface area (Å²) >= 11 is 12.0. The summed E-state index contributed by atoms with van der Waals surface area (Å²) in [5.41, 5.74) is -3.75. The number of hydrogen-bond donors (Lipinski definition) is 1. The molecule has 4 nitrogen and oxygen atoms in total. The average Bonchev–Trinajstić information content (AvgIpc) is 2.69. The molecule has 0 atom stereocenters. The third kappa shape index (κ3) is 4.12. The van der Waals surface area contributed by atoms with E-state index in [0.29, 0.717) is 18.2 Å². The number of nitrogens with zero attached hydrogens (tertiary/aromatic N) is 1. The van der Waals surface area contributed by atoms with Crippen molar-refractivity contribution in [3.8, 4) is 22.4 Å². The van der Waals surface area contributed by atoms with E-state index in [9.17, 15) is 32.3 Å². The van der Waals surface area contributed by atoms with E-state index in [1.54, 1.807) is 6.92 Å². The first kappa shape index (κ1) is 23.8. The molecule has 0 radical (unpaired) electrons. The number of aromatic carboxylic acids is 1. The molecule has 1 heterocycles. The van der Waals surface area contributed by atoms with Crippen molar-refractivity contribution in [3.63, 3.8) is 0 Å². The fourth-order valence-electron chi connectivity index (χ4n) is 3.58. The number of halogens is 6. The summed E-state index contributed by atoms with van der Waals surface area (Å²) in [6.45, 7) is 3.19. The molecule has 32 heavy (non-hydrogen) atoms. The van der Waals surface area contributed by atoms with Crippen molar-refractivity contribution < 1.29 is 27.5 Å². The van der Waals surface area contributed by atoms with Crippen LogP contribution in [0.2, 0.25) is 10.0 Å². The first-order chi connectivity index (χ1) is 14.9. The van der Waals surface area contributed by atoms with E-state index in [4.69, 9.17) is 23.2 Å². The predicted octanol–water partition coefficient (Wildman–Crippen LogP) is 6.67. The number of alkyl halides is 3. The summed E-state index contributed by atoms with van der Waals surface area (Å²) in [7, 11) is 0. The molecule has 0 aliphatic rings. The van der Waals surface area contributed by atoms with Crippen LogP contribution >= 0.6 is 23.2 Å². The molecule has 0 fully saturated rings. The van der Waals surface area contributed by atoms with Gasteiger partial charge in [-0.1, -0.05) is 29.3 Å². The Kier molecular flexibility index (Phi) is 6.40. The third-order valence-electron chi connectivity index (χ3n) is 5.01. The molecule has 1 aromatic heterocycles. The minimum atomic E-state index is -4.78. The Balaban J connectivity index is 2.47. The number of carbonyl (C=O) groups is 1. The number of aromatic nitrogens is 1. The number of carboxylic acid groups (broad SMARTS) is 1. The Hall–Kier alpha value is -2.84. The van der Waals surface area contributed by atoms with Crippen LogP contribution in [0.15, 0.2) is 41.2 Å². The normalized spacial score (nSPS) is 11.6. The van der Waals surface area contributed by atoms with Crippen molar-refractivity contribution in [2.75, 3.05) is 0 Å². The fourth-order valence-corrected chi connectivity index (χ4v) is 3.88. The lowest BCUT2D eigenvalue weighted by Gasteiger charge is -2.22. The minimum absolute atomic E-state index is 0.0165. The lowest BCUT2D eigenvalue weighted by atomic mass is 9.95. The molecular formula is C22H15Cl2F4NO3. The summed E-state index contributed by atoms with van der Waals surface area (Å²) < 4.78 is 55.6. The molecule has 3 rings (SSSR count). The van der Waals surface area contributed by atoms with Crippen molar-refractivity contribution in [1.29, 1.82) is 0 Å². The Labute approximate surface area is 189 Å². The van der Waals surface area contributed by atoms with Gasteiger partial charge in [0.25, 0.3) is 0 Å². The number of hydrogen-bond acceptors (Lipinski definition) is 2. The summed E-state index contributed by atoms with van der Waals surface area (Å²) in [5.74, 6) is -2.70. The van der Waals surface area contributed by atoms with Gasteiger partial charge < -0.3 is 9.67 Å². The molecule has 0 aliphatic heterocycles. The van der Waals surface area contributed by atoms with Gasteiger partial charge in [0.2, 0.25) is 5.43 Å². The molecule has 0 aliphatic carbocycles. The Morgan fingerprint density at radius 2 is 1.75 bits per heavy atom. The summed E-state index contributed by atoms with van der Waals surface area (Å²) in [6.07, 6.45) is -4.78. The monoisotopic (exact) mass is 487 g/mol. The van der Waals surface area contributed by atoms with Crippen LogP contribution in [0, 0.1) is 12.7 Å². The van der Waals surface area contributed by atoms with Crippen LogP contribution in [0.3, 0.4) is 0 Å². The second-order valence-corrected chi connectivity index (χ2v) is 7.70. The predicted molar refractivity (Wildman–Crippen MR) is 114 cm³/mol. The highest BCUT2D eigenvalue weighted by molar-refractivity contribution is 6.42. The molecular weight excluding hydrogens is 473 g/mol. The Morgan fingerprint density at radius 1 is 1.09 bits per heavy atom. The van der Waals surface area contributed by atoms with E-state index in [-0.39, 0.29) is 33.5 Å². The summed E-state index contributed by atoms with van der Waals surface area (Å²) in [5, 5.41) is 10.1. The first-order valence-electron chi connectivity index (χ1n) is 9.21. The summed E-state index contributed by atoms with van der Waals surface area (Å²) in [4.78, 5) is 25.4. The maximum Gasteiger partial charge on any atom is 0.416 e. The quantitative estimate of drug-likeness (QED) is 0.417. The smallest absolute Gasteiger partial charge is 0.416 e. The highest BCUT2D eigenvalue weighted by Gasteiger charge is 2.33. The van der Waals surface area contributed by atoms with E-state index < -0.39 is 45.6 Å². The van der Waals surface area contributed by atoms with Gasteiger partial charge in [0.1, 0.15) is 11.4 Å². The number of pyridine rings is 1. The van der Waals surface area contributed by atoms with Crippen molar-refractivity contribution in [2.45, 2.75) is 26.6 Å². The van der Waals surface area contributed by atoms with Crippen molar-refractivity contribution >= 4 is 29.2 Å². The summed E-state index contributed by atoms with van der Waals surface area (Å²) in [6, 6.07) is 5.91. The lowest BCUT2D eigenvalue weighted by Crippen LogP contribution is -2.25. The third-order valence-corrected chi connectivity index (χ3v) is 5.75. The van der Waals surface area contributed by atoms with Crippen LogP contribution in [-0.4, -0.2) is 15.6 Å². The number of benzene rings is 2. The van der Waals surface area contributed by atoms with Gasteiger partial charge in [-0.15, -0.1) is 0 Å². The maximum atomic E-state index is 14.6. The van der Waals surface area contributed by atoms with E-state index >= 15 is 0 Å². The number of rotatable bonds is 4. The van der Waals surface area contributed by atoms with Gasteiger partial charge in [-0.05, 0) is 44.2 Å². The highest BCUT2D eigenvalue weighted by atomic mass is 35.5. The fraction of sp³-hybridized carbons (Fsp3) is 0.182. The van der Waals surface area contributed by atoms with Gasteiger partial charge in [-0.25, -0.2) is 9.18 Å². The van der Waals surface area contributed by atoms with Crippen LogP contribution in [-0.2, 0) is 12.7 Å². The molecule has 0 amide bonds. The Morgan fingerprint density at radius 3 is 2.28 bits per heavy atom. The zero-order valence-corrected chi connectivity index (χ0v) is 18.2.